The van der Waals surface area contributed by atoms with E-state index in [9.17, 15) is 13.2 Å². The Morgan fingerprint density at radius 3 is 2.42 bits per heavy atom. The number of rotatable bonds is 7. The molecule has 0 aromatic heterocycles. The number of nitrogens with two attached hydrogens (primary N) is 1. The lowest BCUT2D eigenvalue weighted by molar-refractivity contribution is -0.122. The van der Waals surface area contributed by atoms with E-state index < -0.39 is 10.0 Å². The number of piperidine rings is 1. The quantitative estimate of drug-likeness (QED) is 0.785. The predicted molar refractivity (Wildman–Crippen MR) is 102 cm³/mol. The minimum absolute atomic E-state index is 0.213. The van der Waals surface area contributed by atoms with Gasteiger partial charge in [-0.1, -0.05) is 20.8 Å². The summed E-state index contributed by atoms with van der Waals surface area (Å²) in [7, 11) is -3.69. The highest BCUT2D eigenvalue weighted by Crippen LogP contribution is 2.34. The molecule has 1 fully saturated rings. The second kappa shape index (κ2) is 8.39. The molecule has 2 rings (SSSR count). The van der Waals surface area contributed by atoms with Crippen molar-refractivity contribution in [2.75, 3.05) is 19.7 Å². The van der Waals surface area contributed by atoms with Gasteiger partial charge in [-0.2, -0.15) is 4.31 Å². The first-order chi connectivity index (χ1) is 12.2. The van der Waals surface area contributed by atoms with Crippen LogP contribution in [0.4, 0.5) is 0 Å². The fraction of sp³-hybridized carbons (Fsp3) is 0.632. The van der Waals surface area contributed by atoms with E-state index in [1.165, 1.54) is 4.31 Å². The summed E-state index contributed by atoms with van der Waals surface area (Å²) in [5.41, 5.74) is 7.38. The van der Waals surface area contributed by atoms with Crippen molar-refractivity contribution in [2.45, 2.75) is 57.8 Å². The van der Waals surface area contributed by atoms with Gasteiger partial charge in [0, 0.05) is 19.0 Å². The second-order valence-corrected chi connectivity index (χ2v) is 9.15. The highest BCUT2D eigenvalue weighted by molar-refractivity contribution is 7.89. The van der Waals surface area contributed by atoms with Gasteiger partial charge in [-0.3, -0.25) is 4.79 Å². The normalized spacial score (nSPS) is 16.8. The molecule has 1 aromatic carbocycles. The Morgan fingerprint density at radius 2 is 1.92 bits per heavy atom. The molecule has 0 unspecified atom stereocenters. The highest BCUT2D eigenvalue weighted by Gasteiger charge is 2.33. The Hall–Kier alpha value is -1.60. The van der Waals surface area contributed by atoms with Crippen LogP contribution in [0.2, 0.25) is 0 Å². The van der Waals surface area contributed by atoms with Crippen LogP contribution in [-0.4, -0.2) is 38.3 Å². The average molecular weight is 383 g/mol. The minimum atomic E-state index is -3.69. The molecule has 0 atom stereocenters. The van der Waals surface area contributed by atoms with Crippen molar-refractivity contribution in [1.29, 1.82) is 0 Å². The van der Waals surface area contributed by atoms with Gasteiger partial charge in [0.25, 0.3) is 0 Å². The van der Waals surface area contributed by atoms with Gasteiger partial charge >= 0.3 is 0 Å². The summed E-state index contributed by atoms with van der Waals surface area (Å²) in [6.07, 6.45) is 1.72. The minimum Gasteiger partial charge on any atom is -0.492 e. The molecule has 2 N–H and O–H groups in total. The molecule has 26 heavy (non-hydrogen) atoms. The van der Waals surface area contributed by atoms with Gasteiger partial charge < -0.3 is 10.5 Å². The number of aryl methyl sites for hydroxylation is 1. The Balaban J connectivity index is 2.40. The number of carbonyl (C=O) groups excluding carboxylic acids is 1. The first-order valence-corrected chi connectivity index (χ1v) is 10.7. The summed E-state index contributed by atoms with van der Waals surface area (Å²) in [6.45, 7) is 9.11. The number of hydrogen-bond acceptors (Lipinski definition) is 4. The maximum Gasteiger partial charge on any atom is 0.246 e. The van der Waals surface area contributed by atoms with Crippen LogP contribution in [-0.2, 0) is 14.8 Å². The highest BCUT2D eigenvalue weighted by atomic mass is 32.2. The number of carbonyl (C=O) groups is 1. The zero-order valence-electron chi connectivity index (χ0n) is 16.1. The summed E-state index contributed by atoms with van der Waals surface area (Å²) in [6, 6.07) is 3.58. The van der Waals surface area contributed by atoms with E-state index in [0.29, 0.717) is 38.3 Å². The number of nitrogens with zero attached hydrogens (tertiary/aromatic N) is 1. The standard InChI is InChI=1S/C19H30N2O4S/c1-5-10-25-17-11-14(4)16(13(2)3)12-18(17)26(23,24)21-8-6-15(7-9-21)19(20)22/h11-13,15H,5-10H2,1-4H3,(H2,20,22). The zero-order chi connectivity index (χ0) is 19.5. The molecule has 1 heterocycles. The van der Waals surface area contributed by atoms with Gasteiger partial charge in [-0.15, -0.1) is 0 Å². The van der Waals surface area contributed by atoms with Crippen LogP contribution in [0.15, 0.2) is 17.0 Å². The van der Waals surface area contributed by atoms with Crippen molar-refractivity contribution in [2.24, 2.45) is 11.7 Å². The number of amides is 1. The number of benzene rings is 1. The van der Waals surface area contributed by atoms with Crippen LogP contribution < -0.4 is 10.5 Å². The molecule has 1 aromatic rings. The summed E-state index contributed by atoms with van der Waals surface area (Å²) in [4.78, 5) is 11.6. The molecule has 0 radical (unpaired) electrons. The third kappa shape index (κ3) is 4.38. The number of sulfonamides is 1. The average Bonchev–Trinajstić information content (AvgIpc) is 2.59. The Labute approximate surface area is 156 Å². The van der Waals surface area contributed by atoms with E-state index in [0.717, 1.165) is 17.5 Å². The van der Waals surface area contributed by atoms with Crippen LogP contribution in [0.3, 0.4) is 0 Å². The molecule has 1 saturated heterocycles. The Bertz CT molecular complexity index is 751. The van der Waals surface area contributed by atoms with E-state index in [1.54, 1.807) is 6.07 Å². The third-order valence-corrected chi connectivity index (χ3v) is 6.81. The van der Waals surface area contributed by atoms with Gasteiger partial charge in [-0.05, 0) is 55.4 Å². The molecule has 0 spiro atoms. The van der Waals surface area contributed by atoms with E-state index in [-0.39, 0.29) is 22.6 Å². The number of primary amides is 1. The number of ether oxygens (including phenoxy) is 1. The lowest BCUT2D eigenvalue weighted by atomic mass is 9.98. The van der Waals surface area contributed by atoms with E-state index in [1.807, 2.05) is 33.8 Å². The number of hydrogen-bond donors (Lipinski definition) is 1. The first kappa shape index (κ1) is 20.7. The van der Waals surface area contributed by atoms with Crippen LogP contribution in [0.25, 0.3) is 0 Å². The van der Waals surface area contributed by atoms with Crippen molar-refractivity contribution in [1.82, 2.24) is 4.31 Å². The summed E-state index contributed by atoms with van der Waals surface area (Å²) in [5, 5.41) is 0. The molecule has 146 valence electrons. The fourth-order valence-corrected chi connectivity index (χ4v) is 4.96. The van der Waals surface area contributed by atoms with Gasteiger partial charge in [0.1, 0.15) is 10.6 Å². The molecule has 1 aliphatic rings. The Morgan fingerprint density at radius 1 is 1.31 bits per heavy atom. The van der Waals surface area contributed by atoms with Crippen molar-refractivity contribution in [3.8, 4) is 5.75 Å². The SMILES string of the molecule is CCCOc1cc(C)c(C(C)C)cc1S(=O)(=O)N1CCC(C(N)=O)CC1. The molecule has 1 amide bonds. The molecule has 6 nitrogen and oxygen atoms in total. The molecule has 0 bridgehead atoms. The topological polar surface area (TPSA) is 89.7 Å². The Kier molecular flexibility index (Phi) is 6.69. The maximum absolute atomic E-state index is 13.3. The molecule has 1 aliphatic heterocycles. The lowest BCUT2D eigenvalue weighted by Crippen LogP contribution is -2.41. The van der Waals surface area contributed by atoms with Crippen LogP contribution >= 0.6 is 0 Å². The van der Waals surface area contributed by atoms with E-state index in [2.05, 4.69) is 0 Å². The van der Waals surface area contributed by atoms with Gasteiger partial charge in [-0.25, -0.2) is 8.42 Å². The second-order valence-electron chi connectivity index (χ2n) is 7.24. The lowest BCUT2D eigenvalue weighted by Gasteiger charge is -2.30. The monoisotopic (exact) mass is 382 g/mol. The van der Waals surface area contributed by atoms with Crippen molar-refractivity contribution < 1.29 is 17.9 Å². The van der Waals surface area contributed by atoms with Crippen molar-refractivity contribution in [3.05, 3.63) is 23.3 Å². The molecule has 0 saturated carbocycles. The zero-order valence-corrected chi connectivity index (χ0v) is 16.9. The first-order valence-electron chi connectivity index (χ1n) is 9.25. The molecule has 7 heteroatoms. The smallest absolute Gasteiger partial charge is 0.246 e. The van der Waals surface area contributed by atoms with Crippen LogP contribution in [0.5, 0.6) is 5.75 Å². The summed E-state index contributed by atoms with van der Waals surface area (Å²) < 4.78 is 33.7. The van der Waals surface area contributed by atoms with Crippen molar-refractivity contribution in [3.63, 3.8) is 0 Å². The summed E-state index contributed by atoms with van der Waals surface area (Å²) in [5.74, 6) is 0.0171. The summed E-state index contributed by atoms with van der Waals surface area (Å²) >= 11 is 0. The van der Waals surface area contributed by atoms with Crippen LogP contribution in [0, 0.1) is 12.8 Å². The van der Waals surface area contributed by atoms with Gasteiger partial charge in [0.05, 0.1) is 6.61 Å². The molecule has 0 aliphatic carbocycles. The molecular formula is C19H30N2O4S. The largest absolute Gasteiger partial charge is 0.492 e. The van der Waals surface area contributed by atoms with E-state index in [4.69, 9.17) is 10.5 Å². The van der Waals surface area contributed by atoms with Gasteiger partial charge in [0.15, 0.2) is 0 Å². The molecular weight excluding hydrogens is 352 g/mol. The van der Waals surface area contributed by atoms with Crippen LogP contribution in [0.1, 0.15) is 57.1 Å². The van der Waals surface area contributed by atoms with Crippen molar-refractivity contribution >= 4 is 15.9 Å². The van der Waals surface area contributed by atoms with Gasteiger partial charge in [0.2, 0.25) is 15.9 Å². The predicted octanol–water partition coefficient (Wildman–Crippen LogP) is 2.79. The maximum atomic E-state index is 13.3. The van der Waals surface area contributed by atoms with E-state index >= 15 is 0 Å². The third-order valence-electron chi connectivity index (χ3n) is 4.89. The fourth-order valence-electron chi connectivity index (χ4n) is 3.35.